The molecule has 6 nitrogen and oxygen atoms in total. The average molecular weight is 472 g/mol. The molecule has 0 aliphatic carbocycles. The molecule has 4 aromatic rings. The number of hydrogen-bond donors (Lipinski definition) is 0. The molecule has 2 aromatic heterocycles. The summed E-state index contributed by atoms with van der Waals surface area (Å²) in [5.41, 5.74) is 2.26. The van der Waals surface area contributed by atoms with Crippen LogP contribution in [0, 0.1) is 6.92 Å². The van der Waals surface area contributed by atoms with Crippen molar-refractivity contribution in [2.75, 3.05) is 0 Å². The lowest BCUT2D eigenvalue weighted by molar-refractivity contribution is -0.134. The SMILES string of the molecule is CCCCCCC(=O)N(Cc1ccco1)C(C)c1nc2ccccc2c(=O)n1-c1cccc(C)c1. The number of unbranched alkanes of at least 4 members (excludes halogenated alkanes) is 3. The van der Waals surface area contributed by atoms with Crippen molar-refractivity contribution >= 4 is 16.8 Å². The Morgan fingerprint density at radius 3 is 2.63 bits per heavy atom. The number of rotatable bonds is 10. The summed E-state index contributed by atoms with van der Waals surface area (Å²) in [6, 6.07) is 18.4. The van der Waals surface area contributed by atoms with Crippen LogP contribution in [-0.4, -0.2) is 20.4 Å². The van der Waals surface area contributed by atoms with E-state index in [4.69, 9.17) is 9.40 Å². The van der Waals surface area contributed by atoms with Crippen molar-refractivity contribution in [1.29, 1.82) is 0 Å². The van der Waals surface area contributed by atoms with Crippen LogP contribution in [0.5, 0.6) is 0 Å². The van der Waals surface area contributed by atoms with Crippen molar-refractivity contribution in [3.05, 3.63) is 94.4 Å². The number of hydrogen-bond acceptors (Lipinski definition) is 4. The summed E-state index contributed by atoms with van der Waals surface area (Å²) in [7, 11) is 0. The molecular formula is C29H33N3O3. The van der Waals surface area contributed by atoms with Gasteiger partial charge in [0.2, 0.25) is 5.91 Å². The summed E-state index contributed by atoms with van der Waals surface area (Å²) < 4.78 is 7.24. The first-order valence-corrected chi connectivity index (χ1v) is 12.4. The lowest BCUT2D eigenvalue weighted by Gasteiger charge is -2.30. The first kappa shape index (κ1) is 24.5. The van der Waals surface area contributed by atoms with Crippen LogP contribution in [0.3, 0.4) is 0 Å². The van der Waals surface area contributed by atoms with E-state index in [1.807, 2.05) is 68.4 Å². The molecule has 0 saturated carbocycles. The second-order valence-electron chi connectivity index (χ2n) is 9.05. The molecule has 0 bridgehead atoms. The Morgan fingerprint density at radius 2 is 1.89 bits per heavy atom. The zero-order chi connectivity index (χ0) is 24.8. The fourth-order valence-corrected chi connectivity index (χ4v) is 4.44. The van der Waals surface area contributed by atoms with Crippen molar-refractivity contribution < 1.29 is 9.21 Å². The van der Waals surface area contributed by atoms with Gasteiger partial charge >= 0.3 is 0 Å². The van der Waals surface area contributed by atoms with Gasteiger partial charge in [-0.3, -0.25) is 14.2 Å². The predicted molar refractivity (Wildman–Crippen MR) is 139 cm³/mol. The van der Waals surface area contributed by atoms with Crippen LogP contribution in [0.1, 0.15) is 69.1 Å². The summed E-state index contributed by atoms with van der Waals surface area (Å²) in [6.07, 6.45) is 6.15. The van der Waals surface area contributed by atoms with Crippen molar-refractivity contribution in [2.24, 2.45) is 0 Å². The molecule has 1 atom stereocenters. The highest BCUT2D eigenvalue weighted by molar-refractivity contribution is 5.79. The van der Waals surface area contributed by atoms with Gasteiger partial charge in [-0.05, 0) is 62.2 Å². The fourth-order valence-electron chi connectivity index (χ4n) is 4.44. The maximum atomic E-state index is 13.7. The molecule has 0 fully saturated rings. The molecule has 0 saturated heterocycles. The van der Waals surface area contributed by atoms with Crippen LogP contribution in [0.15, 0.2) is 76.1 Å². The van der Waals surface area contributed by atoms with Gasteiger partial charge in [-0.15, -0.1) is 0 Å². The highest BCUT2D eigenvalue weighted by Gasteiger charge is 2.27. The summed E-state index contributed by atoms with van der Waals surface area (Å²) in [4.78, 5) is 33.9. The molecule has 0 N–H and O–H groups in total. The summed E-state index contributed by atoms with van der Waals surface area (Å²) in [6.45, 7) is 6.41. The highest BCUT2D eigenvalue weighted by Crippen LogP contribution is 2.26. The van der Waals surface area contributed by atoms with E-state index < -0.39 is 6.04 Å². The molecule has 0 aliphatic rings. The first-order valence-electron chi connectivity index (χ1n) is 12.4. The molecule has 182 valence electrons. The highest BCUT2D eigenvalue weighted by atomic mass is 16.3. The standard InChI is InChI=1S/C29H33N3O3/c1-4-5-6-7-17-27(33)31(20-24-14-11-18-35-24)22(3)28-30-26-16-9-8-15-25(26)29(34)32(28)23-13-10-12-21(2)19-23/h8-16,18-19,22H,4-7,17,20H2,1-3H3. The number of amides is 1. The van der Waals surface area contributed by atoms with E-state index >= 15 is 0 Å². The molecule has 2 heterocycles. The van der Waals surface area contributed by atoms with Crippen LogP contribution in [-0.2, 0) is 11.3 Å². The molecule has 1 unspecified atom stereocenters. The maximum Gasteiger partial charge on any atom is 0.266 e. The molecule has 0 radical (unpaired) electrons. The number of carbonyl (C=O) groups is 1. The van der Waals surface area contributed by atoms with E-state index in [1.165, 1.54) is 0 Å². The minimum Gasteiger partial charge on any atom is -0.467 e. The monoisotopic (exact) mass is 471 g/mol. The average Bonchev–Trinajstić information content (AvgIpc) is 3.38. The zero-order valence-corrected chi connectivity index (χ0v) is 20.7. The summed E-state index contributed by atoms with van der Waals surface area (Å²) in [5.74, 6) is 1.26. The number of aryl methyl sites for hydroxylation is 1. The molecule has 2 aromatic carbocycles. The van der Waals surface area contributed by atoms with E-state index in [2.05, 4.69) is 6.92 Å². The minimum absolute atomic E-state index is 0.0307. The summed E-state index contributed by atoms with van der Waals surface area (Å²) >= 11 is 0. The topological polar surface area (TPSA) is 68.3 Å². The van der Waals surface area contributed by atoms with Crippen LogP contribution < -0.4 is 5.56 Å². The zero-order valence-electron chi connectivity index (χ0n) is 20.7. The van der Waals surface area contributed by atoms with Gasteiger partial charge in [0.1, 0.15) is 11.6 Å². The Hall–Kier alpha value is -3.67. The Bertz CT molecular complexity index is 1340. The molecule has 0 aliphatic heterocycles. The van der Waals surface area contributed by atoms with Gasteiger partial charge in [-0.25, -0.2) is 4.98 Å². The van der Waals surface area contributed by atoms with Crippen LogP contribution in [0.4, 0.5) is 0 Å². The number of benzene rings is 2. The van der Waals surface area contributed by atoms with Gasteiger partial charge in [0.15, 0.2) is 0 Å². The lowest BCUT2D eigenvalue weighted by Crippen LogP contribution is -2.37. The van der Waals surface area contributed by atoms with E-state index in [-0.39, 0.29) is 11.5 Å². The van der Waals surface area contributed by atoms with Crippen molar-refractivity contribution in [3.8, 4) is 5.69 Å². The molecule has 6 heteroatoms. The summed E-state index contributed by atoms with van der Waals surface area (Å²) in [5, 5.41) is 0.549. The van der Waals surface area contributed by atoms with Gasteiger partial charge in [-0.1, -0.05) is 50.5 Å². The quantitative estimate of drug-likeness (QED) is 0.253. The smallest absolute Gasteiger partial charge is 0.266 e. The predicted octanol–water partition coefficient (Wildman–Crippen LogP) is 6.35. The number of carbonyl (C=O) groups excluding carboxylic acids is 1. The molecule has 0 spiro atoms. The Balaban J connectivity index is 1.81. The second-order valence-corrected chi connectivity index (χ2v) is 9.05. The minimum atomic E-state index is -0.448. The molecular weight excluding hydrogens is 438 g/mol. The van der Waals surface area contributed by atoms with Gasteiger partial charge in [0, 0.05) is 6.42 Å². The van der Waals surface area contributed by atoms with E-state index in [0.717, 1.165) is 36.9 Å². The van der Waals surface area contributed by atoms with Gasteiger partial charge < -0.3 is 9.32 Å². The second kappa shape index (κ2) is 11.2. The largest absolute Gasteiger partial charge is 0.467 e. The van der Waals surface area contributed by atoms with Crippen molar-refractivity contribution in [1.82, 2.24) is 14.5 Å². The normalized spacial score (nSPS) is 12.1. The molecule has 4 rings (SSSR count). The van der Waals surface area contributed by atoms with E-state index in [1.54, 1.807) is 21.8 Å². The first-order chi connectivity index (χ1) is 17.0. The third kappa shape index (κ3) is 5.53. The third-order valence-electron chi connectivity index (χ3n) is 6.37. The number of furan rings is 1. The number of aromatic nitrogens is 2. The van der Waals surface area contributed by atoms with Gasteiger partial charge in [0.25, 0.3) is 5.56 Å². The number of para-hydroxylation sites is 1. The number of nitrogens with zero attached hydrogens (tertiary/aromatic N) is 3. The van der Waals surface area contributed by atoms with E-state index in [9.17, 15) is 9.59 Å². The Labute approximate surface area is 206 Å². The third-order valence-corrected chi connectivity index (χ3v) is 6.37. The van der Waals surface area contributed by atoms with Crippen LogP contribution in [0.2, 0.25) is 0 Å². The molecule has 1 amide bonds. The fraction of sp³-hybridized carbons (Fsp3) is 0.345. The maximum absolute atomic E-state index is 13.7. The van der Waals surface area contributed by atoms with Crippen molar-refractivity contribution in [3.63, 3.8) is 0 Å². The molecule has 35 heavy (non-hydrogen) atoms. The number of fused-ring (bicyclic) bond motifs is 1. The van der Waals surface area contributed by atoms with Crippen molar-refractivity contribution in [2.45, 2.75) is 65.5 Å². The van der Waals surface area contributed by atoms with Gasteiger partial charge in [-0.2, -0.15) is 0 Å². The van der Waals surface area contributed by atoms with E-state index in [0.29, 0.717) is 35.5 Å². The van der Waals surface area contributed by atoms with Gasteiger partial charge in [0.05, 0.1) is 35.4 Å². The van der Waals surface area contributed by atoms with Crippen LogP contribution >= 0.6 is 0 Å². The lowest BCUT2D eigenvalue weighted by atomic mass is 10.1. The Morgan fingerprint density at radius 1 is 1.06 bits per heavy atom. The van der Waals surface area contributed by atoms with Crippen LogP contribution in [0.25, 0.3) is 16.6 Å². The Kier molecular flexibility index (Phi) is 7.80.